The first-order valence-electron chi connectivity index (χ1n) is 9.06. The van der Waals surface area contributed by atoms with Crippen molar-refractivity contribution in [2.75, 3.05) is 6.61 Å². The quantitative estimate of drug-likeness (QED) is 0.513. The molecule has 1 aliphatic heterocycles. The van der Waals surface area contributed by atoms with Gasteiger partial charge in [0.1, 0.15) is 6.10 Å². The van der Waals surface area contributed by atoms with Crippen LogP contribution in [0.25, 0.3) is 0 Å². The van der Waals surface area contributed by atoms with Crippen molar-refractivity contribution in [3.63, 3.8) is 0 Å². The summed E-state index contributed by atoms with van der Waals surface area (Å²) in [6.07, 6.45) is 12.0. The van der Waals surface area contributed by atoms with Gasteiger partial charge in [0.05, 0.1) is 12.0 Å². The lowest BCUT2D eigenvalue weighted by molar-refractivity contribution is -0.164. The molecule has 0 aromatic carbocycles. The topological polar surface area (TPSA) is 35.5 Å². The molecular weight excluding hydrogens is 264 g/mol. The number of rotatable bonds is 7. The normalized spacial score (nSPS) is 33.7. The highest BCUT2D eigenvalue weighted by atomic mass is 16.5. The Labute approximate surface area is 129 Å². The van der Waals surface area contributed by atoms with E-state index in [4.69, 9.17) is 9.47 Å². The van der Waals surface area contributed by atoms with Crippen LogP contribution < -0.4 is 0 Å². The maximum Gasteiger partial charge on any atom is 0.309 e. The van der Waals surface area contributed by atoms with Gasteiger partial charge in [-0.05, 0) is 64.2 Å². The van der Waals surface area contributed by atoms with Crippen molar-refractivity contribution in [2.24, 2.45) is 11.8 Å². The van der Waals surface area contributed by atoms with Crippen LogP contribution >= 0.6 is 0 Å². The Morgan fingerprint density at radius 3 is 2.43 bits per heavy atom. The van der Waals surface area contributed by atoms with Gasteiger partial charge >= 0.3 is 5.97 Å². The molecule has 1 saturated heterocycles. The van der Waals surface area contributed by atoms with Gasteiger partial charge in [-0.3, -0.25) is 4.79 Å². The third-order valence-corrected chi connectivity index (χ3v) is 5.21. The highest BCUT2D eigenvalue weighted by molar-refractivity contribution is 5.73. The van der Waals surface area contributed by atoms with Gasteiger partial charge in [0.15, 0.2) is 0 Å². The van der Waals surface area contributed by atoms with E-state index in [0.717, 1.165) is 51.6 Å². The van der Waals surface area contributed by atoms with Crippen LogP contribution in [0.5, 0.6) is 0 Å². The summed E-state index contributed by atoms with van der Waals surface area (Å²) in [6.45, 7) is 5.07. The second-order valence-electron chi connectivity index (χ2n) is 6.73. The lowest BCUT2D eigenvalue weighted by Gasteiger charge is -2.36. The van der Waals surface area contributed by atoms with Crippen LogP contribution in [-0.4, -0.2) is 24.8 Å². The molecule has 0 aromatic rings. The summed E-state index contributed by atoms with van der Waals surface area (Å²) in [5, 5.41) is 0. The summed E-state index contributed by atoms with van der Waals surface area (Å²) in [7, 11) is 0. The van der Waals surface area contributed by atoms with Gasteiger partial charge in [0.25, 0.3) is 0 Å². The molecule has 0 bridgehead atoms. The van der Waals surface area contributed by atoms with Gasteiger partial charge < -0.3 is 9.47 Å². The van der Waals surface area contributed by atoms with Gasteiger partial charge in [-0.2, -0.15) is 0 Å². The first kappa shape index (κ1) is 16.8. The van der Waals surface area contributed by atoms with Crippen molar-refractivity contribution in [1.29, 1.82) is 0 Å². The van der Waals surface area contributed by atoms with E-state index in [1.54, 1.807) is 0 Å². The molecule has 0 spiro atoms. The second kappa shape index (κ2) is 8.77. The Balaban J connectivity index is 1.72. The lowest BCUT2D eigenvalue weighted by atomic mass is 9.76. The van der Waals surface area contributed by atoms with Crippen LogP contribution in [0, 0.1) is 11.8 Å². The SMILES string of the molecule is CCCCCC1CCC(C2CCC(OCC)CC2)C(=O)O1. The first-order valence-corrected chi connectivity index (χ1v) is 9.06. The van der Waals surface area contributed by atoms with E-state index in [1.807, 2.05) is 0 Å². The fourth-order valence-electron chi connectivity index (χ4n) is 3.94. The molecule has 1 saturated carbocycles. The zero-order valence-corrected chi connectivity index (χ0v) is 13.8. The number of carbonyl (C=O) groups is 1. The summed E-state index contributed by atoms with van der Waals surface area (Å²) in [4.78, 5) is 12.3. The van der Waals surface area contributed by atoms with E-state index in [9.17, 15) is 4.79 Å². The maximum atomic E-state index is 12.3. The molecule has 3 nitrogen and oxygen atoms in total. The van der Waals surface area contributed by atoms with Gasteiger partial charge in [0.2, 0.25) is 0 Å². The Morgan fingerprint density at radius 2 is 1.81 bits per heavy atom. The first-order chi connectivity index (χ1) is 10.2. The fourth-order valence-corrected chi connectivity index (χ4v) is 3.94. The van der Waals surface area contributed by atoms with Gasteiger partial charge in [-0.1, -0.05) is 19.8 Å². The summed E-state index contributed by atoms with van der Waals surface area (Å²) < 4.78 is 11.4. The fraction of sp³-hybridized carbons (Fsp3) is 0.944. The monoisotopic (exact) mass is 296 g/mol. The number of carbonyl (C=O) groups excluding carboxylic acids is 1. The molecule has 2 atom stereocenters. The molecule has 1 aliphatic carbocycles. The van der Waals surface area contributed by atoms with E-state index in [2.05, 4.69) is 13.8 Å². The average Bonchev–Trinajstić information content (AvgIpc) is 2.49. The smallest absolute Gasteiger partial charge is 0.309 e. The van der Waals surface area contributed by atoms with Gasteiger partial charge in [-0.15, -0.1) is 0 Å². The van der Waals surface area contributed by atoms with Crippen molar-refractivity contribution in [3.8, 4) is 0 Å². The molecule has 1 heterocycles. The Kier molecular flexibility index (Phi) is 7.01. The maximum absolute atomic E-state index is 12.3. The highest BCUT2D eigenvalue weighted by Gasteiger charge is 2.37. The number of esters is 1. The summed E-state index contributed by atoms with van der Waals surface area (Å²) >= 11 is 0. The van der Waals surface area contributed by atoms with Crippen molar-refractivity contribution in [2.45, 2.75) is 90.3 Å². The standard InChI is InChI=1S/C18H32O3/c1-3-5-6-7-16-12-13-17(18(19)21-16)14-8-10-15(11-9-14)20-4-2/h14-17H,3-13H2,1-2H3. The van der Waals surface area contributed by atoms with E-state index in [-0.39, 0.29) is 18.0 Å². The third kappa shape index (κ3) is 4.98. The third-order valence-electron chi connectivity index (χ3n) is 5.21. The van der Waals surface area contributed by atoms with Crippen LogP contribution in [-0.2, 0) is 14.3 Å². The second-order valence-corrected chi connectivity index (χ2v) is 6.73. The Bertz CT molecular complexity index is 308. The molecule has 2 aliphatic rings. The van der Waals surface area contributed by atoms with Crippen LogP contribution in [0.2, 0.25) is 0 Å². The molecule has 0 N–H and O–H groups in total. The average molecular weight is 296 g/mol. The molecule has 21 heavy (non-hydrogen) atoms. The van der Waals surface area contributed by atoms with Crippen LogP contribution in [0.4, 0.5) is 0 Å². The van der Waals surface area contributed by atoms with Crippen LogP contribution in [0.3, 0.4) is 0 Å². The van der Waals surface area contributed by atoms with Crippen LogP contribution in [0.15, 0.2) is 0 Å². The Hall–Kier alpha value is -0.570. The zero-order chi connectivity index (χ0) is 15.1. The molecule has 0 amide bonds. The predicted molar refractivity (Wildman–Crippen MR) is 84.1 cm³/mol. The molecule has 122 valence electrons. The van der Waals surface area contributed by atoms with Crippen molar-refractivity contribution < 1.29 is 14.3 Å². The number of ether oxygens (including phenoxy) is 2. The summed E-state index contributed by atoms with van der Waals surface area (Å²) in [6, 6.07) is 0. The van der Waals surface area contributed by atoms with Crippen molar-refractivity contribution >= 4 is 5.97 Å². The van der Waals surface area contributed by atoms with E-state index in [0.29, 0.717) is 12.0 Å². The molecule has 0 radical (unpaired) electrons. The highest BCUT2D eigenvalue weighted by Crippen LogP contribution is 2.37. The van der Waals surface area contributed by atoms with Crippen molar-refractivity contribution in [3.05, 3.63) is 0 Å². The number of hydrogen-bond acceptors (Lipinski definition) is 3. The van der Waals surface area contributed by atoms with E-state index >= 15 is 0 Å². The minimum atomic E-state index is 0.0857. The molecule has 3 heteroatoms. The largest absolute Gasteiger partial charge is 0.462 e. The lowest BCUT2D eigenvalue weighted by Crippen LogP contribution is -2.37. The van der Waals surface area contributed by atoms with Crippen LogP contribution in [0.1, 0.15) is 78.1 Å². The van der Waals surface area contributed by atoms with E-state index in [1.165, 1.54) is 19.3 Å². The number of unbranched alkanes of at least 4 members (excludes halogenated alkanes) is 2. The molecule has 2 rings (SSSR count). The van der Waals surface area contributed by atoms with Gasteiger partial charge in [0, 0.05) is 6.61 Å². The Morgan fingerprint density at radius 1 is 1.05 bits per heavy atom. The minimum Gasteiger partial charge on any atom is -0.462 e. The van der Waals surface area contributed by atoms with E-state index < -0.39 is 0 Å². The van der Waals surface area contributed by atoms with Gasteiger partial charge in [-0.25, -0.2) is 0 Å². The molecule has 2 fully saturated rings. The summed E-state index contributed by atoms with van der Waals surface area (Å²) in [5.41, 5.74) is 0. The number of hydrogen-bond donors (Lipinski definition) is 0. The molecule has 0 aromatic heterocycles. The van der Waals surface area contributed by atoms with Crippen molar-refractivity contribution in [1.82, 2.24) is 0 Å². The molecular formula is C18H32O3. The minimum absolute atomic E-state index is 0.0857. The summed E-state index contributed by atoms with van der Waals surface area (Å²) in [5.74, 6) is 0.781. The zero-order valence-electron chi connectivity index (χ0n) is 13.8. The molecule has 2 unspecified atom stereocenters. The number of cyclic esters (lactones) is 1. The predicted octanol–water partition coefficient (Wildman–Crippen LogP) is 4.48.